The first-order valence-electron chi connectivity index (χ1n) is 5.54. The summed E-state index contributed by atoms with van der Waals surface area (Å²) in [7, 11) is 0. The maximum Gasteiger partial charge on any atom is 0.200 e. The Hall–Kier alpha value is -1.72. The Bertz CT molecular complexity index is 551. The number of aryl methyl sites for hydroxylation is 1. The van der Waals surface area contributed by atoms with Crippen LogP contribution in [0, 0.1) is 6.92 Å². The molecular formula is C13H15NO3S. The van der Waals surface area contributed by atoms with Crippen LogP contribution < -0.4 is 5.32 Å². The molecule has 2 rings (SSSR count). The van der Waals surface area contributed by atoms with Gasteiger partial charge in [-0.1, -0.05) is 6.07 Å². The maximum absolute atomic E-state index is 9.64. The van der Waals surface area contributed by atoms with Crippen LogP contribution >= 0.6 is 11.3 Å². The van der Waals surface area contributed by atoms with Gasteiger partial charge in [-0.25, -0.2) is 0 Å². The molecule has 0 radical (unpaired) electrons. The van der Waals surface area contributed by atoms with Gasteiger partial charge in [-0.15, -0.1) is 0 Å². The molecule has 0 spiro atoms. The third-order valence-corrected chi connectivity index (χ3v) is 3.72. The number of benzene rings is 1. The molecule has 0 fully saturated rings. The van der Waals surface area contributed by atoms with Gasteiger partial charge >= 0.3 is 0 Å². The predicted molar refractivity (Wildman–Crippen MR) is 71.0 cm³/mol. The normalized spacial score (nSPS) is 10.7. The fourth-order valence-electron chi connectivity index (χ4n) is 1.65. The van der Waals surface area contributed by atoms with Gasteiger partial charge in [0.1, 0.15) is 0 Å². The highest BCUT2D eigenvalue weighted by Gasteiger charge is 2.10. The number of aromatic hydroxyl groups is 3. The molecular weight excluding hydrogens is 250 g/mol. The Morgan fingerprint density at radius 2 is 1.72 bits per heavy atom. The highest BCUT2D eigenvalue weighted by molar-refractivity contribution is 7.08. The fourth-order valence-corrected chi connectivity index (χ4v) is 2.51. The molecule has 0 aliphatic heterocycles. The third-order valence-electron chi connectivity index (χ3n) is 2.81. The monoisotopic (exact) mass is 265 g/mol. The molecule has 0 saturated heterocycles. The van der Waals surface area contributed by atoms with Crippen LogP contribution in [0.1, 0.15) is 16.7 Å². The molecule has 0 unspecified atom stereocenters. The van der Waals surface area contributed by atoms with Crippen molar-refractivity contribution in [3.05, 3.63) is 39.6 Å². The van der Waals surface area contributed by atoms with Crippen LogP contribution in [-0.4, -0.2) is 15.3 Å². The lowest BCUT2D eigenvalue weighted by Gasteiger charge is -2.09. The summed E-state index contributed by atoms with van der Waals surface area (Å²) in [6.07, 6.45) is 0. The number of phenols is 3. The van der Waals surface area contributed by atoms with E-state index in [0.717, 1.165) is 0 Å². The second kappa shape index (κ2) is 5.29. The standard InChI is InChI=1S/C13H15NO3S/c1-8-6-18-7-10(8)5-14-4-9-2-3-11(15)13(17)12(9)16/h2-3,6-7,14-17H,4-5H2,1H3. The molecule has 0 aliphatic carbocycles. The number of thiophene rings is 1. The second-order valence-corrected chi connectivity index (χ2v) is 4.87. The average Bonchev–Trinajstić information content (AvgIpc) is 2.75. The van der Waals surface area contributed by atoms with Crippen LogP contribution in [0.4, 0.5) is 0 Å². The van der Waals surface area contributed by atoms with E-state index in [1.165, 1.54) is 17.2 Å². The molecule has 5 heteroatoms. The van der Waals surface area contributed by atoms with E-state index in [1.807, 2.05) is 0 Å². The molecule has 0 saturated carbocycles. The molecule has 2 aromatic rings. The van der Waals surface area contributed by atoms with E-state index in [-0.39, 0.29) is 11.5 Å². The number of phenolic OH excluding ortho intramolecular Hbond substituents is 3. The Kier molecular flexibility index (Phi) is 3.74. The smallest absolute Gasteiger partial charge is 0.200 e. The minimum Gasteiger partial charge on any atom is -0.504 e. The highest BCUT2D eigenvalue weighted by Crippen LogP contribution is 2.36. The summed E-state index contributed by atoms with van der Waals surface area (Å²) in [6, 6.07) is 2.94. The Morgan fingerprint density at radius 3 is 2.39 bits per heavy atom. The van der Waals surface area contributed by atoms with Crippen molar-refractivity contribution in [3.63, 3.8) is 0 Å². The number of nitrogens with one attached hydrogen (secondary N) is 1. The van der Waals surface area contributed by atoms with Crippen molar-refractivity contribution in [2.24, 2.45) is 0 Å². The summed E-state index contributed by atoms with van der Waals surface area (Å²) >= 11 is 1.66. The van der Waals surface area contributed by atoms with Crippen LogP contribution in [0.5, 0.6) is 17.2 Å². The first kappa shape index (κ1) is 12.7. The predicted octanol–water partition coefficient (Wildman–Crippen LogP) is 2.46. The minimum atomic E-state index is -0.471. The Morgan fingerprint density at radius 1 is 1.00 bits per heavy atom. The number of hydrogen-bond donors (Lipinski definition) is 4. The lowest BCUT2D eigenvalue weighted by molar-refractivity contribution is 0.364. The van der Waals surface area contributed by atoms with E-state index in [2.05, 4.69) is 23.0 Å². The Balaban J connectivity index is 1.99. The molecule has 4 nitrogen and oxygen atoms in total. The largest absolute Gasteiger partial charge is 0.504 e. The van der Waals surface area contributed by atoms with Crippen LogP contribution in [0.3, 0.4) is 0 Å². The van der Waals surface area contributed by atoms with Gasteiger partial charge in [0.15, 0.2) is 11.5 Å². The zero-order valence-electron chi connectivity index (χ0n) is 9.97. The molecule has 0 amide bonds. The minimum absolute atomic E-state index is 0.274. The van der Waals surface area contributed by atoms with Crippen molar-refractivity contribution in [3.8, 4) is 17.2 Å². The van der Waals surface area contributed by atoms with Gasteiger partial charge in [-0.2, -0.15) is 11.3 Å². The van der Waals surface area contributed by atoms with E-state index in [1.54, 1.807) is 17.4 Å². The molecule has 1 aromatic carbocycles. The lowest BCUT2D eigenvalue weighted by Crippen LogP contribution is -2.12. The molecule has 96 valence electrons. The van der Waals surface area contributed by atoms with Crippen molar-refractivity contribution >= 4 is 11.3 Å². The van der Waals surface area contributed by atoms with Gasteiger partial charge in [-0.05, 0) is 34.9 Å². The van der Waals surface area contributed by atoms with Crippen molar-refractivity contribution < 1.29 is 15.3 Å². The number of hydrogen-bond acceptors (Lipinski definition) is 5. The highest BCUT2D eigenvalue weighted by atomic mass is 32.1. The summed E-state index contributed by atoms with van der Waals surface area (Å²) in [5.74, 6) is -1.06. The first-order valence-corrected chi connectivity index (χ1v) is 6.49. The van der Waals surface area contributed by atoms with Gasteiger partial charge in [0, 0.05) is 18.7 Å². The van der Waals surface area contributed by atoms with Crippen LogP contribution in [0.15, 0.2) is 22.9 Å². The van der Waals surface area contributed by atoms with Crippen LogP contribution in [0.25, 0.3) is 0 Å². The molecule has 4 N–H and O–H groups in total. The van der Waals surface area contributed by atoms with E-state index in [0.29, 0.717) is 18.7 Å². The molecule has 0 atom stereocenters. The van der Waals surface area contributed by atoms with Gasteiger partial charge < -0.3 is 20.6 Å². The van der Waals surface area contributed by atoms with Gasteiger partial charge in [0.05, 0.1) is 0 Å². The third kappa shape index (κ3) is 2.57. The quantitative estimate of drug-likeness (QED) is 0.641. The van der Waals surface area contributed by atoms with Crippen molar-refractivity contribution in [2.45, 2.75) is 20.0 Å². The van der Waals surface area contributed by atoms with Gasteiger partial charge in [-0.3, -0.25) is 0 Å². The summed E-state index contributed by atoms with van der Waals surface area (Å²) in [5.41, 5.74) is 3.02. The molecule has 1 aromatic heterocycles. The second-order valence-electron chi connectivity index (χ2n) is 4.12. The summed E-state index contributed by atoms with van der Waals surface area (Å²) in [5, 5.41) is 35.6. The molecule has 18 heavy (non-hydrogen) atoms. The van der Waals surface area contributed by atoms with Gasteiger partial charge in [0.2, 0.25) is 5.75 Å². The van der Waals surface area contributed by atoms with Gasteiger partial charge in [0.25, 0.3) is 0 Å². The van der Waals surface area contributed by atoms with Crippen molar-refractivity contribution in [2.75, 3.05) is 0 Å². The zero-order chi connectivity index (χ0) is 13.1. The zero-order valence-corrected chi connectivity index (χ0v) is 10.8. The molecule has 0 aliphatic rings. The fraction of sp³-hybridized carbons (Fsp3) is 0.231. The molecule has 0 bridgehead atoms. The van der Waals surface area contributed by atoms with Crippen molar-refractivity contribution in [1.82, 2.24) is 5.32 Å². The first-order chi connectivity index (χ1) is 8.59. The number of rotatable bonds is 4. The molecule has 1 heterocycles. The van der Waals surface area contributed by atoms with E-state index >= 15 is 0 Å². The van der Waals surface area contributed by atoms with E-state index in [9.17, 15) is 15.3 Å². The van der Waals surface area contributed by atoms with E-state index < -0.39 is 5.75 Å². The topological polar surface area (TPSA) is 72.7 Å². The van der Waals surface area contributed by atoms with E-state index in [4.69, 9.17) is 0 Å². The van der Waals surface area contributed by atoms with Crippen LogP contribution in [0.2, 0.25) is 0 Å². The summed E-state index contributed by atoms with van der Waals surface area (Å²) < 4.78 is 0. The van der Waals surface area contributed by atoms with Crippen molar-refractivity contribution in [1.29, 1.82) is 0 Å². The Labute approximate surface area is 109 Å². The summed E-state index contributed by atoms with van der Waals surface area (Å²) in [4.78, 5) is 0. The lowest BCUT2D eigenvalue weighted by atomic mass is 10.1. The SMILES string of the molecule is Cc1cscc1CNCc1ccc(O)c(O)c1O. The maximum atomic E-state index is 9.64. The average molecular weight is 265 g/mol. The summed E-state index contributed by atoms with van der Waals surface area (Å²) in [6.45, 7) is 3.18. The van der Waals surface area contributed by atoms with Crippen LogP contribution in [-0.2, 0) is 13.1 Å².